The van der Waals surface area contributed by atoms with Crippen molar-refractivity contribution in [3.63, 3.8) is 0 Å². The third-order valence-electron chi connectivity index (χ3n) is 15.9. The van der Waals surface area contributed by atoms with Crippen LogP contribution >= 0.6 is 0 Å². The first-order chi connectivity index (χ1) is 38.7. The van der Waals surface area contributed by atoms with Crippen molar-refractivity contribution in [2.24, 2.45) is 16.6 Å². The van der Waals surface area contributed by atoms with Crippen LogP contribution in [0.2, 0.25) is 0 Å². The smallest absolute Gasteiger partial charge is 0.410 e. The van der Waals surface area contributed by atoms with E-state index in [1.54, 1.807) is 43.9 Å². The van der Waals surface area contributed by atoms with E-state index in [1.165, 1.54) is 16.5 Å². The highest BCUT2D eigenvalue weighted by atomic mass is 16.6. The standard InChI is InChI=1S/C64H83N9O9/c1-62(2,3)54(65)58(77)72-36-45-24-16-15-23-43(45)33-51(72)57(76)71(52(39-81-11)42-21-13-12-14-22-42)35-40-28-29-49-44(32-40)30-31-70(49)60(79)66-46-34-50(56(75)67-48-27-19-25-41-20-17-18-26-47(41)48)73(37-46)59(78)55(63(4,5)6)68-53(74)38-69(10)61(80)82-64(7,8)9/h12-18,20-24,26,28-32,46,48,50-52,54-55H,19,25,27,33-39,65H2,1-11H3,(H,66,79)(H,67,75)(H,68,74). The van der Waals surface area contributed by atoms with Gasteiger partial charge in [-0.1, -0.05) is 126 Å². The van der Waals surface area contributed by atoms with Crippen molar-refractivity contribution in [3.05, 3.63) is 143 Å². The van der Waals surface area contributed by atoms with Gasteiger partial charge in [0.15, 0.2) is 0 Å². The topological polar surface area (TPSA) is 218 Å². The van der Waals surface area contributed by atoms with Crippen LogP contribution in [0, 0.1) is 10.8 Å². The molecule has 0 saturated carbocycles. The van der Waals surface area contributed by atoms with Gasteiger partial charge in [0.1, 0.15) is 30.3 Å². The number of hydrogen-bond donors (Lipinski definition) is 4. The zero-order valence-electron chi connectivity index (χ0n) is 49.5. The van der Waals surface area contributed by atoms with Crippen LogP contribution in [0.25, 0.3) is 10.9 Å². The third kappa shape index (κ3) is 14.0. The van der Waals surface area contributed by atoms with Crippen molar-refractivity contribution in [2.45, 2.75) is 155 Å². The molecular formula is C64H83N9O9. The van der Waals surface area contributed by atoms with Crippen LogP contribution < -0.4 is 21.7 Å². The Balaban J connectivity index is 1.05. The minimum atomic E-state index is -1.12. The quantitative estimate of drug-likeness (QED) is 0.0797. The maximum absolute atomic E-state index is 15.5. The van der Waals surface area contributed by atoms with Gasteiger partial charge in [-0.3, -0.25) is 28.5 Å². The highest BCUT2D eigenvalue weighted by Crippen LogP contribution is 2.35. The summed E-state index contributed by atoms with van der Waals surface area (Å²) in [6, 6.07) is 27.2. The second kappa shape index (κ2) is 24.9. The van der Waals surface area contributed by atoms with Crippen molar-refractivity contribution < 1.29 is 43.0 Å². The molecule has 1 aliphatic carbocycles. The Morgan fingerprint density at radius 2 is 1.43 bits per heavy atom. The highest BCUT2D eigenvalue weighted by Gasteiger charge is 2.47. The summed E-state index contributed by atoms with van der Waals surface area (Å²) in [7, 11) is 3.04. The zero-order valence-corrected chi connectivity index (χ0v) is 49.5. The molecule has 2 aliphatic heterocycles. The molecule has 0 radical (unpaired) electrons. The molecule has 5 aromatic rings. The summed E-state index contributed by atoms with van der Waals surface area (Å²) in [6.45, 7) is 16.5. The number of nitrogens with zero attached hydrogens (tertiary/aromatic N) is 5. The molecule has 8 rings (SSSR count). The molecule has 3 aliphatic rings. The van der Waals surface area contributed by atoms with Crippen molar-refractivity contribution in [2.75, 3.05) is 33.9 Å². The molecule has 0 spiro atoms. The van der Waals surface area contributed by atoms with Gasteiger partial charge < -0.3 is 50.8 Å². The Morgan fingerprint density at radius 3 is 2.10 bits per heavy atom. The number of amides is 7. The highest BCUT2D eigenvalue weighted by molar-refractivity contribution is 5.96. The number of carbonyl (C=O) groups excluding carboxylic acids is 7. The summed E-state index contributed by atoms with van der Waals surface area (Å²) < 4.78 is 12.8. The SMILES string of the molecule is COCC(c1ccccc1)N(Cc1ccc2c(ccn2C(=O)NC2CC(C(=O)NC3CCCc4ccccc43)N(C(=O)C(NC(=O)CN(C)C(=O)OC(C)(C)C)C(C)(C)C)C2)c1)C(=O)C1Cc2ccccc2CN1C(=O)C(N)C(C)(C)C. The molecule has 4 aromatic carbocycles. The first-order valence-corrected chi connectivity index (χ1v) is 28.5. The number of likely N-dealkylation sites (N-methyl/N-ethyl adjacent to an activating group) is 1. The Labute approximate surface area is 482 Å². The van der Waals surface area contributed by atoms with E-state index >= 15 is 4.79 Å². The summed E-state index contributed by atoms with van der Waals surface area (Å²) in [6.07, 6.45) is 3.84. The Kier molecular flexibility index (Phi) is 18.4. The lowest BCUT2D eigenvalue weighted by Crippen LogP contribution is -2.59. The van der Waals surface area contributed by atoms with E-state index in [0.29, 0.717) is 11.9 Å². The maximum Gasteiger partial charge on any atom is 0.410 e. The molecule has 82 heavy (non-hydrogen) atoms. The monoisotopic (exact) mass is 1120 g/mol. The largest absolute Gasteiger partial charge is 0.444 e. The number of methoxy groups -OCH3 is 1. The van der Waals surface area contributed by atoms with Gasteiger partial charge in [0.2, 0.25) is 29.5 Å². The molecule has 7 unspecified atom stereocenters. The van der Waals surface area contributed by atoms with E-state index < -0.39 is 76.6 Å². The Bertz CT molecular complexity index is 3160. The van der Waals surface area contributed by atoms with Crippen molar-refractivity contribution in [1.82, 2.24) is 40.1 Å². The average Bonchev–Trinajstić information content (AvgIpc) is 4.23. The molecule has 1 aromatic heterocycles. The number of aromatic nitrogens is 1. The number of fused-ring (bicyclic) bond motifs is 3. The van der Waals surface area contributed by atoms with Crippen molar-refractivity contribution in [3.8, 4) is 0 Å². The molecule has 0 bridgehead atoms. The second-order valence-corrected chi connectivity index (χ2v) is 25.5. The van der Waals surface area contributed by atoms with E-state index in [9.17, 15) is 28.8 Å². The van der Waals surface area contributed by atoms with Gasteiger partial charge in [0.05, 0.1) is 36.3 Å². The van der Waals surface area contributed by atoms with Gasteiger partial charge >= 0.3 is 12.1 Å². The minimum Gasteiger partial charge on any atom is -0.444 e. The summed E-state index contributed by atoms with van der Waals surface area (Å²) >= 11 is 0. The lowest BCUT2D eigenvalue weighted by atomic mass is 9.84. The minimum absolute atomic E-state index is 0.0286. The van der Waals surface area contributed by atoms with Crippen LogP contribution in [0.3, 0.4) is 0 Å². The van der Waals surface area contributed by atoms with E-state index in [-0.39, 0.29) is 63.0 Å². The number of hydrogen-bond acceptors (Lipinski definition) is 10. The summed E-state index contributed by atoms with van der Waals surface area (Å²) in [5.74, 6) is -2.02. The number of likely N-dealkylation sites (tertiary alicyclic amines) is 1. The fourth-order valence-corrected chi connectivity index (χ4v) is 11.4. The van der Waals surface area contributed by atoms with Crippen LogP contribution in [0.5, 0.6) is 0 Å². The molecule has 5 N–H and O–H groups in total. The number of nitrogens with two attached hydrogens (primary N) is 1. The molecule has 18 nitrogen and oxygen atoms in total. The average molecular weight is 1120 g/mol. The van der Waals surface area contributed by atoms with Crippen molar-refractivity contribution in [1.29, 1.82) is 0 Å². The van der Waals surface area contributed by atoms with Gasteiger partial charge in [-0.2, -0.15) is 0 Å². The van der Waals surface area contributed by atoms with Gasteiger partial charge in [0, 0.05) is 51.8 Å². The first kappa shape index (κ1) is 60.5. The third-order valence-corrected chi connectivity index (χ3v) is 15.9. The lowest BCUT2D eigenvalue weighted by molar-refractivity contribution is -0.151. The van der Waals surface area contributed by atoms with E-state index in [4.69, 9.17) is 15.2 Å². The van der Waals surface area contributed by atoms with Crippen LogP contribution in [-0.2, 0) is 59.4 Å². The number of ether oxygens (including phenoxy) is 2. The van der Waals surface area contributed by atoms with Gasteiger partial charge in [-0.05, 0) is 109 Å². The zero-order chi connectivity index (χ0) is 59.4. The molecule has 18 heteroatoms. The van der Waals surface area contributed by atoms with Crippen LogP contribution in [0.4, 0.5) is 9.59 Å². The summed E-state index contributed by atoms with van der Waals surface area (Å²) in [4.78, 5) is 107. The van der Waals surface area contributed by atoms with Crippen LogP contribution in [0.15, 0.2) is 109 Å². The molecular weight excluding hydrogens is 1040 g/mol. The normalized spacial score (nSPS) is 19.2. The van der Waals surface area contributed by atoms with Crippen LogP contribution in [0.1, 0.15) is 127 Å². The molecule has 7 amide bonds. The molecule has 1 fully saturated rings. The van der Waals surface area contributed by atoms with Gasteiger partial charge in [0.25, 0.3) is 0 Å². The summed E-state index contributed by atoms with van der Waals surface area (Å²) in [5.41, 5.74) is 10.8. The number of nitrogens with one attached hydrogen (secondary N) is 3. The van der Waals surface area contributed by atoms with E-state index in [1.807, 2.05) is 139 Å². The fraction of sp³-hybridized carbons (Fsp3) is 0.484. The second-order valence-electron chi connectivity index (χ2n) is 25.5. The number of aryl methyl sites for hydroxylation is 1. The first-order valence-electron chi connectivity index (χ1n) is 28.5. The molecule has 3 heterocycles. The van der Waals surface area contributed by atoms with E-state index in [2.05, 4.69) is 22.0 Å². The maximum atomic E-state index is 15.5. The van der Waals surface area contributed by atoms with E-state index in [0.717, 1.165) is 62.9 Å². The van der Waals surface area contributed by atoms with Crippen LogP contribution in [-0.4, -0.2) is 135 Å². The number of benzene rings is 4. The van der Waals surface area contributed by atoms with Crippen molar-refractivity contribution >= 4 is 52.6 Å². The Morgan fingerprint density at radius 1 is 0.756 bits per heavy atom. The predicted octanol–water partition coefficient (Wildman–Crippen LogP) is 7.80. The molecule has 438 valence electrons. The molecule has 7 atom stereocenters. The van der Waals surface area contributed by atoms with Gasteiger partial charge in [-0.25, -0.2) is 9.59 Å². The fourth-order valence-electron chi connectivity index (χ4n) is 11.4. The predicted molar refractivity (Wildman–Crippen MR) is 314 cm³/mol. The summed E-state index contributed by atoms with van der Waals surface area (Å²) in [5, 5.41) is 9.94. The number of rotatable bonds is 15. The molecule has 1 saturated heterocycles. The van der Waals surface area contributed by atoms with Gasteiger partial charge in [-0.15, -0.1) is 0 Å². The lowest BCUT2D eigenvalue weighted by Gasteiger charge is -2.43. The number of carbonyl (C=O) groups is 7. The Hall–Kier alpha value is -7.57.